The smallest absolute Gasteiger partial charge is 0.306 e. The second-order valence-electron chi connectivity index (χ2n) is 16.7. The molecule has 0 aliphatic heterocycles. The van der Waals surface area contributed by atoms with E-state index >= 15 is 0 Å². The van der Waals surface area contributed by atoms with E-state index < -0.39 is 0 Å². The highest BCUT2D eigenvalue weighted by Gasteiger charge is 2.71. The third-order valence-corrected chi connectivity index (χ3v) is 14.8. The molecule has 0 amide bonds. The lowest BCUT2D eigenvalue weighted by molar-refractivity contribution is -0.252. The van der Waals surface area contributed by atoms with E-state index in [0.29, 0.717) is 36.2 Å². The van der Waals surface area contributed by atoms with Gasteiger partial charge < -0.3 is 14.2 Å². The second kappa shape index (κ2) is 11.2. The summed E-state index contributed by atoms with van der Waals surface area (Å²) >= 11 is 0. The van der Waals surface area contributed by atoms with Gasteiger partial charge in [-0.25, -0.2) is 0 Å². The zero-order chi connectivity index (χ0) is 31.6. The first kappa shape index (κ1) is 32.5. The molecule has 5 fully saturated rings. The topological polar surface area (TPSA) is 78.9 Å². The highest BCUT2D eigenvalue weighted by atomic mass is 16.5. The van der Waals surface area contributed by atoms with Gasteiger partial charge in [0.1, 0.15) is 6.10 Å². The van der Waals surface area contributed by atoms with Crippen molar-refractivity contribution in [3.63, 3.8) is 0 Å². The summed E-state index contributed by atoms with van der Waals surface area (Å²) in [4.78, 5) is 36.3. The van der Waals surface area contributed by atoms with Crippen molar-refractivity contribution in [2.45, 2.75) is 132 Å². The lowest BCUT2D eigenvalue weighted by atomic mass is 9.32. The molecule has 0 aromatic heterocycles. The van der Waals surface area contributed by atoms with Gasteiger partial charge in [-0.05, 0) is 117 Å². The number of carbonyl (C=O) groups excluding carboxylic acids is 3. The van der Waals surface area contributed by atoms with Crippen LogP contribution in [0.15, 0.2) is 12.2 Å². The van der Waals surface area contributed by atoms with E-state index in [2.05, 4.69) is 48.1 Å². The normalized spacial score (nSPS) is 44.6. The Morgan fingerprint density at radius 2 is 1.47 bits per heavy atom. The van der Waals surface area contributed by atoms with Crippen LogP contribution >= 0.6 is 0 Å². The Hall–Kier alpha value is -1.85. The van der Waals surface area contributed by atoms with Gasteiger partial charge in [-0.1, -0.05) is 46.8 Å². The molecule has 0 aromatic carbocycles. The lowest BCUT2D eigenvalue weighted by Gasteiger charge is -2.73. The molecule has 0 radical (unpaired) electrons. The number of esters is 3. The van der Waals surface area contributed by atoms with Crippen molar-refractivity contribution in [2.75, 3.05) is 13.7 Å². The summed E-state index contributed by atoms with van der Waals surface area (Å²) in [7, 11) is 1.35. The van der Waals surface area contributed by atoms with Gasteiger partial charge in [0, 0.05) is 17.8 Å². The number of rotatable bonds is 7. The van der Waals surface area contributed by atoms with Crippen molar-refractivity contribution in [3.8, 4) is 0 Å². The fourth-order valence-electron chi connectivity index (χ4n) is 12.5. The number of hydrogen-bond donors (Lipinski definition) is 0. The van der Waals surface area contributed by atoms with Gasteiger partial charge in [0.15, 0.2) is 0 Å². The van der Waals surface area contributed by atoms with E-state index in [9.17, 15) is 14.4 Å². The first-order valence-corrected chi connectivity index (χ1v) is 17.1. The summed E-state index contributed by atoms with van der Waals surface area (Å²) in [5.41, 5.74) is 1.91. The van der Waals surface area contributed by atoms with Crippen molar-refractivity contribution < 1.29 is 28.6 Å². The molecule has 5 aliphatic carbocycles. The summed E-state index contributed by atoms with van der Waals surface area (Å²) in [6, 6.07) is 0. The monoisotopic (exact) mass is 598 g/mol. The largest absolute Gasteiger partial charge is 0.469 e. The summed E-state index contributed by atoms with van der Waals surface area (Å²) in [5.74, 6) is 1.87. The van der Waals surface area contributed by atoms with Gasteiger partial charge >= 0.3 is 17.9 Å². The SMILES string of the molecule is C=C(C)C1CCC2(COC(=O)CCC(=O)OC)CC[C@]3(C)C(CCC4[C@@]5(C)CCC(OC(C)=O)C(C)(C)C5CC[C@]43C)C12. The van der Waals surface area contributed by atoms with Crippen molar-refractivity contribution >= 4 is 17.9 Å². The maximum atomic E-state index is 12.7. The van der Waals surface area contributed by atoms with Crippen molar-refractivity contribution in [1.29, 1.82) is 0 Å². The van der Waals surface area contributed by atoms with E-state index in [0.717, 1.165) is 32.1 Å². The molecule has 6 heteroatoms. The number of carbonyl (C=O) groups is 3. The third kappa shape index (κ3) is 5.00. The van der Waals surface area contributed by atoms with E-state index in [1.807, 2.05) is 0 Å². The van der Waals surface area contributed by atoms with Crippen LogP contribution in [-0.4, -0.2) is 37.7 Å². The van der Waals surface area contributed by atoms with Gasteiger partial charge in [0.05, 0.1) is 26.6 Å². The Morgan fingerprint density at radius 1 is 0.767 bits per heavy atom. The molecule has 7 unspecified atom stereocenters. The van der Waals surface area contributed by atoms with Gasteiger partial charge in [-0.3, -0.25) is 14.4 Å². The molecule has 242 valence electrons. The zero-order valence-electron chi connectivity index (χ0n) is 28.3. The van der Waals surface area contributed by atoms with Gasteiger partial charge in [-0.2, -0.15) is 0 Å². The molecular weight excluding hydrogens is 540 g/mol. The zero-order valence-corrected chi connectivity index (χ0v) is 28.3. The molecule has 0 spiro atoms. The lowest BCUT2D eigenvalue weighted by Crippen LogP contribution is -2.67. The Balaban J connectivity index is 1.42. The number of fused-ring (bicyclic) bond motifs is 7. The number of hydrogen-bond acceptors (Lipinski definition) is 6. The van der Waals surface area contributed by atoms with Crippen molar-refractivity contribution in [2.24, 2.45) is 56.7 Å². The summed E-state index contributed by atoms with van der Waals surface area (Å²) in [5, 5.41) is 0. The maximum Gasteiger partial charge on any atom is 0.306 e. The summed E-state index contributed by atoms with van der Waals surface area (Å²) < 4.78 is 16.6. The molecule has 5 saturated carbocycles. The molecule has 5 aliphatic rings. The molecule has 0 heterocycles. The van der Waals surface area contributed by atoms with Gasteiger partial charge in [-0.15, -0.1) is 0 Å². The number of allylic oxidation sites excluding steroid dienone is 1. The minimum absolute atomic E-state index is 0.000188. The van der Waals surface area contributed by atoms with Crippen LogP contribution in [0.25, 0.3) is 0 Å². The van der Waals surface area contributed by atoms with Crippen LogP contribution in [0.3, 0.4) is 0 Å². The van der Waals surface area contributed by atoms with Crippen LogP contribution < -0.4 is 0 Å². The molecule has 43 heavy (non-hydrogen) atoms. The van der Waals surface area contributed by atoms with Crippen molar-refractivity contribution in [3.05, 3.63) is 12.2 Å². The standard InChI is InChI=1S/C37H58O6/c1-23(2)25-14-19-37(22-42-31(40)13-12-30(39)41-9)21-20-35(7)26(32(25)37)10-11-28-34(6)17-16-29(43-24(3)38)33(4,5)27(34)15-18-36(28,35)8/h25-29,32H,1,10-22H2,2-9H3/t25?,26?,27?,28?,29?,32?,34-,35+,36+,37?/m0/s1. The minimum atomic E-state index is -0.374. The number of ether oxygens (including phenoxy) is 3. The predicted molar refractivity (Wildman–Crippen MR) is 167 cm³/mol. The second-order valence-corrected chi connectivity index (χ2v) is 16.7. The number of methoxy groups -OCH3 is 1. The minimum Gasteiger partial charge on any atom is -0.469 e. The molecule has 6 nitrogen and oxygen atoms in total. The highest BCUT2D eigenvalue weighted by Crippen LogP contribution is 2.77. The van der Waals surface area contributed by atoms with Gasteiger partial charge in [0.25, 0.3) is 0 Å². The average molecular weight is 599 g/mol. The maximum absolute atomic E-state index is 12.7. The fourth-order valence-corrected chi connectivity index (χ4v) is 12.5. The summed E-state index contributed by atoms with van der Waals surface area (Å²) in [6.07, 6.45) is 11.6. The molecule has 10 atom stereocenters. The van der Waals surface area contributed by atoms with E-state index in [1.54, 1.807) is 6.92 Å². The van der Waals surface area contributed by atoms with Crippen LogP contribution in [0.1, 0.15) is 126 Å². The predicted octanol–water partition coefficient (Wildman–Crippen LogP) is 8.07. The quantitative estimate of drug-likeness (QED) is 0.168. The van der Waals surface area contributed by atoms with Crippen molar-refractivity contribution in [1.82, 2.24) is 0 Å². The van der Waals surface area contributed by atoms with Crippen LogP contribution in [0.2, 0.25) is 0 Å². The molecule has 0 bridgehead atoms. The van der Waals surface area contributed by atoms with Crippen LogP contribution in [-0.2, 0) is 28.6 Å². The Morgan fingerprint density at radius 3 is 2.12 bits per heavy atom. The highest BCUT2D eigenvalue weighted by molar-refractivity contribution is 5.77. The molecule has 5 rings (SSSR count). The Bertz CT molecular complexity index is 1140. The molecule has 0 saturated heterocycles. The molecular formula is C37H58O6. The van der Waals surface area contributed by atoms with E-state index in [1.165, 1.54) is 44.8 Å². The van der Waals surface area contributed by atoms with Crippen LogP contribution in [0.4, 0.5) is 0 Å². The van der Waals surface area contributed by atoms with Crippen LogP contribution in [0.5, 0.6) is 0 Å². The Labute approximate surface area is 260 Å². The molecule has 0 N–H and O–H groups in total. The van der Waals surface area contributed by atoms with Crippen LogP contribution in [0, 0.1) is 56.7 Å². The first-order valence-electron chi connectivity index (χ1n) is 17.1. The molecule has 0 aromatic rings. The van der Waals surface area contributed by atoms with Gasteiger partial charge in [0.2, 0.25) is 0 Å². The average Bonchev–Trinajstić information content (AvgIpc) is 3.32. The first-order chi connectivity index (χ1) is 20.1. The fraction of sp³-hybridized carbons (Fsp3) is 0.865. The van der Waals surface area contributed by atoms with E-state index in [4.69, 9.17) is 14.2 Å². The Kier molecular flexibility index (Phi) is 8.47. The third-order valence-electron chi connectivity index (χ3n) is 14.8. The van der Waals surface area contributed by atoms with E-state index in [-0.39, 0.29) is 63.9 Å². The summed E-state index contributed by atoms with van der Waals surface area (Å²) in [6.45, 7) is 21.3.